The van der Waals surface area contributed by atoms with Gasteiger partial charge >= 0.3 is 0 Å². The Morgan fingerprint density at radius 3 is 2.70 bits per heavy atom. The molecule has 2 rings (SSSR count). The molecular weight excluding hydrogens is 268 g/mol. The van der Waals surface area contributed by atoms with Gasteiger partial charge in [0.25, 0.3) is 0 Å². The van der Waals surface area contributed by atoms with E-state index in [1.165, 1.54) is 5.69 Å². The molecule has 112 valence electrons. The fourth-order valence-corrected chi connectivity index (χ4v) is 3.18. The largest absolute Gasteiger partial charge is 0.353 e. The molecule has 0 aliphatic heterocycles. The van der Waals surface area contributed by atoms with Crippen molar-refractivity contribution >= 4 is 22.1 Å². The molecule has 4 nitrogen and oxygen atoms in total. The minimum Gasteiger partial charge on any atom is -0.353 e. The number of rotatable bonds is 7. The molecule has 0 saturated carbocycles. The lowest BCUT2D eigenvalue weighted by molar-refractivity contribution is 0.546. The van der Waals surface area contributed by atoms with Gasteiger partial charge in [0.15, 0.2) is 10.8 Å². The molecule has 0 fully saturated rings. The lowest BCUT2D eigenvalue weighted by atomic mass is 10.2. The molecule has 2 heterocycles. The van der Waals surface area contributed by atoms with E-state index in [0.717, 1.165) is 30.4 Å². The number of hydrogen-bond donors (Lipinski definition) is 1. The summed E-state index contributed by atoms with van der Waals surface area (Å²) in [7, 11) is 0. The standard InChI is InChI=1S/C15H26N4S/c1-6-18(12(4)5)14-13(10-16-9-11(2)3)19-7-8-20-15(19)17-14/h7-8,11-12,16H,6,9-10H2,1-5H3. The Bertz CT molecular complexity index is 541. The molecule has 0 saturated heterocycles. The van der Waals surface area contributed by atoms with E-state index in [1.807, 2.05) is 0 Å². The molecule has 20 heavy (non-hydrogen) atoms. The molecule has 2 aromatic heterocycles. The maximum atomic E-state index is 4.83. The number of nitrogens with one attached hydrogen (secondary N) is 1. The molecule has 0 spiro atoms. The fraction of sp³-hybridized carbons (Fsp3) is 0.667. The third-order valence-electron chi connectivity index (χ3n) is 3.42. The van der Waals surface area contributed by atoms with Crippen molar-refractivity contribution in [2.45, 2.75) is 47.2 Å². The van der Waals surface area contributed by atoms with Gasteiger partial charge in [-0.05, 0) is 33.2 Å². The highest BCUT2D eigenvalue weighted by Crippen LogP contribution is 2.26. The highest BCUT2D eigenvalue weighted by Gasteiger charge is 2.19. The second-order valence-corrected chi connectivity index (χ2v) is 6.72. The molecule has 5 heteroatoms. The normalized spacial score (nSPS) is 11.9. The maximum absolute atomic E-state index is 4.83. The van der Waals surface area contributed by atoms with Gasteiger partial charge in [0.2, 0.25) is 0 Å². The molecule has 0 atom stereocenters. The number of anilines is 1. The molecule has 1 N–H and O–H groups in total. The summed E-state index contributed by atoms with van der Waals surface area (Å²) in [5.74, 6) is 1.79. The summed E-state index contributed by atoms with van der Waals surface area (Å²) >= 11 is 1.70. The van der Waals surface area contributed by atoms with Gasteiger partial charge in [-0.2, -0.15) is 0 Å². The number of nitrogens with zero attached hydrogens (tertiary/aromatic N) is 3. The Morgan fingerprint density at radius 1 is 1.35 bits per heavy atom. The van der Waals surface area contributed by atoms with Crippen molar-refractivity contribution in [1.82, 2.24) is 14.7 Å². The van der Waals surface area contributed by atoms with Crippen molar-refractivity contribution < 1.29 is 0 Å². The zero-order valence-corrected chi connectivity index (χ0v) is 14.0. The minimum atomic E-state index is 0.466. The number of aromatic nitrogens is 2. The molecule has 0 bridgehead atoms. The number of fused-ring (bicyclic) bond motifs is 1. The quantitative estimate of drug-likeness (QED) is 0.850. The molecule has 2 aromatic rings. The summed E-state index contributed by atoms with van der Waals surface area (Å²) in [6.07, 6.45) is 2.12. The zero-order valence-electron chi connectivity index (χ0n) is 13.2. The van der Waals surface area contributed by atoms with Gasteiger partial charge in [-0.3, -0.25) is 4.40 Å². The van der Waals surface area contributed by atoms with Gasteiger partial charge in [-0.1, -0.05) is 13.8 Å². The average molecular weight is 294 g/mol. The first-order chi connectivity index (χ1) is 9.54. The first kappa shape index (κ1) is 15.3. The van der Waals surface area contributed by atoms with Crippen molar-refractivity contribution in [1.29, 1.82) is 0 Å². The van der Waals surface area contributed by atoms with Crippen LogP contribution in [-0.2, 0) is 6.54 Å². The van der Waals surface area contributed by atoms with E-state index in [9.17, 15) is 0 Å². The van der Waals surface area contributed by atoms with Crippen LogP contribution >= 0.6 is 11.3 Å². The first-order valence-corrected chi connectivity index (χ1v) is 8.34. The minimum absolute atomic E-state index is 0.466. The Hall–Kier alpha value is -1.07. The summed E-state index contributed by atoms with van der Waals surface area (Å²) in [5.41, 5.74) is 1.28. The summed E-state index contributed by atoms with van der Waals surface area (Å²) in [6, 6.07) is 0.466. The predicted molar refractivity (Wildman–Crippen MR) is 87.8 cm³/mol. The monoisotopic (exact) mass is 294 g/mol. The fourth-order valence-electron chi connectivity index (χ4n) is 2.45. The van der Waals surface area contributed by atoms with E-state index in [2.05, 4.69) is 60.8 Å². The van der Waals surface area contributed by atoms with Gasteiger partial charge < -0.3 is 10.2 Å². The van der Waals surface area contributed by atoms with E-state index in [4.69, 9.17) is 4.98 Å². The average Bonchev–Trinajstić information content (AvgIpc) is 2.92. The van der Waals surface area contributed by atoms with E-state index in [-0.39, 0.29) is 0 Å². The van der Waals surface area contributed by atoms with Crippen LogP contribution < -0.4 is 10.2 Å². The van der Waals surface area contributed by atoms with Crippen LogP contribution in [0.1, 0.15) is 40.3 Å². The van der Waals surface area contributed by atoms with E-state index in [1.54, 1.807) is 11.3 Å². The Kier molecular flexibility index (Phi) is 5.05. The van der Waals surface area contributed by atoms with Crippen LogP contribution in [0.5, 0.6) is 0 Å². The van der Waals surface area contributed by atoms with Gasteiger partial charge in [-0.15, -0.1) is 11.3 Å². The molecular formula is C15H26N4S. The zero-order chi connectivity index (χ0) is 14.7. The van der Waals surface area contributed by atoms with Crippen molar-refractivity contribution in [3.8, 4) is 0 Å². The SMILES string of the molecule is CCN(c1nc2sccn2c1CNCC(C)C)C(C)C. The third kappa shape index (κ3) is 3.15. The molecule has 0 aromatic carbocycles. The molecule has 0 amide bonds. The maximum Gasteiger partial charge on any atom is 0.195 e. The van der Waals surface area contributed by atoms with Gasteiger partial charge in [0, 0.05) is 30.7 Å². The van der Waals surface area contributed by atoms with Crippen LogP contribution in [0.4, 0.5) is 5.82 Å². The molecule has 0 aliphatic rings. The van der Waals surface area contributed by atoms with E-state index < -0.39 is 0 Å². The second-order valence-electron chi connectivity index (χ2n) is 5.84. The van der Waals surface area contributed by atoms with Crippen LogP contribution in [0.3, 0.4) is 0 Å². The van der Waals surface area contributed by atoms with Gasteiger partial charge in [0.05, 0.1) is 5.69 Å². The summed E-state index contributed by atoms with van der Waals surface area (Å²) in [6.45, 7) is 14.0. The van der Waals surface area contributed by atoms with Crippen molar-refractivity contribution in [2.75, 3.05) is 18.0 Å². The van der Waals surface area contributed by atoms with Gasteiger partial charge in [0.1, 0.15) is 0 Å². The summed E-state index contributed by atoms with van der Waals surface area (Å²) in [5, 5.41) is 5.65. The number of imidazole rings is 1. The number of hydrogen-bond acceptors (Lipinski definition) is 4. The molecule has 0 aliphatic carbocycles. The third-order valence-corrected chi connectivity index (χ3v) is 4.18. The van der Waals surface area contributed by atoms with E-state index in [0.29, 0.717) is 12.0 Å². The Balaban J connectivity index is 2.30. The van der Waals surface area contributed by atoms with Crippen molar-refractivity contribution in [3.63, 3.8) is 0 Å². The molecule has 0 unspecified atom stereocenters. The predicted octanol–water partition coefficient (Wildman–Crippen LogP) is 3.38. The lowest BCUT2D eigenvalue weighted by Gasteiger charge is -2.26. The summed E-state index contributed by atoms with van der Waals surface area (Å²) < 4.78 is 2.22. The van der Waals surface area contributed by atoms with Crippen LogP contribution in [0.2, 0.25) is 0 Å². The highest BCUT2D eigenvalue weighted by molar-refractivity contribution is 7.15. The van der Waals surface area contributed by atoms with Crippen LogP contribution in [-0.4, -0.2) is 28.5 Å². The van der Waals surface area contributed by atoms with Crippen molar-refractivity contribution in [3.05, 3.63) is 17.3 Å². The lowest BCUT2D eigenvalue weighted by Crippen LogP contribution is -2.32. The Morgan fingerprint density at radius 2 is 2.10 bits per heavy atom. The van der Waals surface area contributed by atoms with Crippen molar-refractivity contribution in [2.24, 2.45) is 5.92 Å². The van der Waals surface area contributed by atoms with Crippen LogP contribution in [0, 0.1) is 5.92 Å². The smallest absolute Gasteiger partial charge is 0.195 e. The molecule has 0 radical (unpaired) electrons. The van der Waals surface area contributed by atoms with Crippen LogP contribution in [0.15, 0.2) is 11.6 Å². The highest BCUT2D eigenvalue weighted by atomic mass is 32.1. The van der Waals surface area contributed by atoms with Gasteiger partial charge in [-0.25, -0.2) is 4.98 Å². The first-order valence-electron chi connectivity index (χ1n) is 7.46. The topological polar surface area (TPSA) is 32.6 Å². The van der Waals surface area contributed by atoms with E-state index >= 15 is 0 Å². The van der Waals surface area contributed by atoms with Crippen LogP contribution in [0.25, 0.3) is 4.96 Å². The Labute approximate surface area is 125 Å². The summed E-state index contributed by atoms with van der Waals surface area (Å²) in [4.78, 5) is 8.28. The second kappa shape index (κ2) is 6.59. The number of thiazole rings is 1.